The number of anilines is 1. The van der Waals surface area contributed by atoms with Crippen LogP contribution in [0.3, 0.4) is 0 Å². The molecule has 2 aliphatic heterocycles. The first-order valence-corrected chi connectivity index (χ1v) is 6.80. The number of benzene rings is 2. The molecule has 2 heterocycles. The van der Waals surface area contributed by atoms with Crippen molar-refractivity contribution in [2.45, 2.75) is 12.8 Å². The largest absolute Gasteiger partial charge is 0.508 e. The Kier molecular flexibility index (Phi) is 2.19. The van der Waals surface area contributed by atoms with Gasteiger partial charge in [-0.2, -0.15) is 0 Å². The van der Waals surface area contributed by atoms with Gasteiger partial charge >= 0.3 is 0 Å². The lowest BCUT2D eigenvalue weighted by molar-refractivity contribution is 0.404. The number of nitrogens with zero attached hydrogens (tertiary/aromatic N) is 1. The van der Waals surface area contributed by atoms with Crippen molar-refractivity contribution >= 4 is 5.69 Å². The third-order valence-electron chi connectivity index (χ3n) is 4.30. The molecule has 2 aromatic rings. The number of hydrogen-bond acceptors (Lipinski definition) is 4. The predicted molar refractivity (Wildman–Crippen MR) is 76.5 cm³/mol. The molecular formula is C16H15NO3. The van der Waals surface area contributed by atoms with Crippen LogP contribution in [0.2, 0.25) is 0 Å². The van der Waals surface area contributed by atoms with E-state index in [0.29, 0.717) is 5.56 Å². The van der Waals surface area contributed by atoms with Crippen molar-refractivity contribution in [1.29, 1.82) is 0 Å². The van der Waals surface area contributed by atoms with E-state index >= 15 is 0 Å². The zero-order valence-electron chi connectivity index (χ0n) is 10.9. The van der Waals surface area contributed by atoms with Crippen LogP contribution in [-0.4, -0.2) is 28.4 Å². The summed E-state index contributed by atoms with van der Waals surface area (Å²) in [4.78, 5) is 2.29. The molecular weight excluding hydrogens is 254 g/mol. The SMILES string of the molecule is Oc1cc2c3c(c1)-c1c(ccc(O)c1O)CCN3CC2. The Morgan fingerprint density at radius 3 is 2.45 bits per heavy atom. The van der Waals surface area contributed by atoms with E-state index < -0.39 is 0 Å². The van der Waals surface area contributed by atoms with Gasteiger partial charge in [-0.25, -0.2) is 0 Å². The van der Waals surface area contributed by atoms with Gasteiger partial charge in [-0.15, -0.1) is 0 Å². The second-order valence-corrected chi connectivity index (χ2v) is 5.46. The lowest BCUT2D eigenvalue weighted by Crippen LogP contribution is -2.22. The van der Waals surface area contributed by atoms with Crippen molar-refractivity contribution in [3.8, 4) is 28.4 Å². The molecule has 0 spiro atoms. The molecule has 0 fully saturated rings. The molecule has 2 aromatic carbocycles. The minimum Gasteiger partial charge on any atom is -0.508 e. The Bertz CT molecular complexity index is 724. The summed E-state index contributed by atoms with van der Waals surface area (Å²) in [6.07, 6.45) is 1.73. The van der Waals surface area contributed by atoms with Crippen LogP contribution in [0, 0.1) is 0 Å². The van der Waals surface area contributed by atoms with Crippen LogP contribution in [0.5, 0.6) is 17.2 Å². The molecule has 2 aliphatic rings. The normalized spacial score (nSPS) is 15.7. The standard InChI is InChI=1S/C16H15NO3/c18-11-7-10-4-6-17-5-3-9-1-2-13(19)16(20)14(9)12(8-11)15(10)17/h1-2,7-8,18-20H,3-6H2. The third-order valence-corrected chi connectivity index (χ3v) is 4.30. The minimum absolute atomic E-state index is 0.0935. The Morgan fingerprint density at radius 1 is 0.900 bits per heavy atom. The van der Waals surface area contributed by atoms with Gasteiger partial charge in [0, 0.05) is 29.9 Å². The van der Waals surface area contributed by atoms with Crippen molar-refractivity contribution in [2.24, 2.45) is 0 Å². The monoisotopic (exact) mass is 269 g/mol. The van der Waals surface area contributed by atoms with Crippen molar-refractivity contribution in [2.75, 3.05) is 18.0 Å². The lowest BCUT2D eigenvalue weighted by Gasteiger charge is -2.19. The summed E-state index contributed by atoms with van der Waals surface area (Å²) < 4.78 is 0. The van der Waals surface area contributed by atoms with Gasteiger partial charge in [0.2, 0.25) is 0 Å². The number of phenols is 3. The van der Waals surface area contributed by atoms with Crippen LogP contribution in [0.15, 0.2) is 24.3 Å². The van der Waals surface area contributed by atoms with Crippen molar-refractivity contribution < 1.29 is 15.3 Å². The molecule has 4 heteroatoms. The van der Waals surface area contributed by atoms with Crippen molar-refractivity contribution in [1.82, 2.24) is 0 Å². The van der Waals surface area contributed by atoms with Crippen LogP contribution < -0.4 is 4.90 Å². The van der Waals surface area contributed by atoms with Crippen LogP contribution in [0.1, 0.15) is 11.1 Å². The molecule has 0 saturated heterocycles. The van der Waals surface area contributed by atoms with Crippen molar-refractivity contribution in [3.63, 3.8) is 0 Å². The summed E-state index contributed by atoms with van der Waals surface area (Å²) in [5.41, 5.74) is 4.67. The van der Waals surface area contributed by atoms with Crippen molar-refractivity contribution in [3.05, 3.63) is 35.4 Å². The fraction of sp³-hybridized carbons (Fsp3) is 0.250. The highest BCUT2D eigenvalue weighted by molar-refractivity contribution is 5.90. The molecule has 0 radical (unpaired) electrons. The lowest BCUT2D eigenvalue weighted by atomic mass is 9.94. The van der Waals surface area contributed by atoms with E-state index in [4.69, 9.17) is 0 Å². The Balaban J connectivity index is 2.10. The summed E-state index contributed by atoms with van der Waals surface area (Å²) in [6.45, 7) is 1.83. The molecule has 0 aromatic heterocycles. The first-order chi connectivity index (χ1) is 9.65. The summed E-state index contributed by atoms with van der Waals surface area (Å²) in [7, 11) is 0. The quantitative estimate of drug-likeness (QED) is 0.643. The molecule has 3 N–H and O–H groups in total. The van der Waals surface area contributed by atoms with Gasteiger partial charge in [0.1, 0.15) is 5.75 Å². The van der Waals surface area contributed by atoms with Crippen LogP contribution in [0.25, 0.3) is 11.1 Å². The number of hydrogen-bond donors (Lipinski definition) is 3. The van der Waals surface area contributed by atoms with E-state index in [9.17, 15) is 15.3 Å². The minimum atomic E-state index is -0.118. The molecule has 0 bridgehead atoms. The van der Waals surface area contributed by atoms with Gasteiger partial charge in [-0.05, 0) is 42.2 Å². The molecule has 0 aliphatic carbocycles. The summed E-state index contributed by atoms with van der Waals surface area (Å²) in [5.74, 6) is -0.00691. The Labute approximate surface area is 116 Å². The van der Waals surface area contributed by atoms with Gasteiger partial charge in [0.15, 0.2) is 11.5 Å². The maximum Gasteiger partial charge on any atom is 0.165 e. The van der Waals surface area contributed by atoms with E-state index in [0.717, 1.165) is 48.3 Å². The van der Waals surface area contributed by atoms with E-state index in [2.05, 4.69) is 4.90 Å². The number of fused-ring (bicyclic) bond motifs is 2. The zero-order chi connectivity index (χ0) is 13.9. The van der Waals surface area contributed by atoms with E-state index in [-0.39, 0.29) is 17.2 Å². The third kappa shape index (κ3) is 1.42. The smallest absolute Gasteiger partial charge is 0.165 e. The first-order valence-electron chi connectivity index (χ1n) is 6.80. The molecule has 4 rings (SSSR count). The fourth-order valence-electron chi connectivity index (χ4n) is 3.41. The van der Waals surface area contributed by atoms with Crippen LogP contribution in [-0.2, 0) is 12.8 Å². The van der Waals surface area contributed by atoms with Gasteiger partial charge in [0.25, 0.3) is 0 Å². The average Bonchev–Trinajstić information content (AvgIpc) is 2.74. The zero-order valence-corrected chi connectivity index (χ0v) is 10.9. The summed E-state index contributed by atoms with van der Waals surface area (Å²) in [5, 5.41) is 30.0. The second kappa shape index (κ2) is 3.82. The molecule has 102 valence electrons. The predicted octanol–water partition coefficient (Wildman–Crippen LogP) is 2.39. The summed E-state index contributed by atoms with van der Waals surface area (Å²) in [6, 6.07) is 6.85. The second-order valence-electron chi connectivity index (χ2n) is 5.46. The number of phenolic OH excluding ortho intramolecular Hbond substituents is 3. The molecule has 0 saturated carbocycles. The Morgan fingerprint density at radius 2 is 1.65 bits per heavy atom. The molecule has 4 nitrogen and oxygen atoms in total. The maximum atomic E-state index is 10.3. The van der Waals surface area contributed by atoms with Crippen LogP contribution >= 0.6 is 0 Å². The highest BCUT2D eigenvalue weighted by Gasteiger charge is 2.29. The number of rotatable bonds is 0. The van der Waals surface area contributed by atoms with E-state index in [1.807, 2.05) is 6.07 Å². The molecule has 0 unspecified atom stereocenters. The van der Waals surface area contributed by atoms with Crippen LogP contribution in [0.4, 0.5) is 5.69 Å². The van der Waals surface area contributed by atoms with Gasteiger partial charge in [-0.3, -0.25) is 0 Å². The highest BCUT2D eigenvalue weighted by Crippen LogP contribution is 2.49. The fourth-order valence-corrected chi connectivity index (χ4v) is 3.41. The van der Waals surface area contributed by atoms with Gasteiger partial charge in [0.05, 0.1) is 0 Å². The summed E-state index contributed by atoms with van der Waals surface area (Å²) >= 11 is 0. The molecule has 0 amide bonds. The first kappa shape index (κ1) is 11.5. The Hall–Kier alpha value is -2.36. The van der Waals surface area contributed by atoms with Gasteiger partial charge < -0.3 is 20.2 Å². The highest BCUT2D eigenvalue weighted by atomic mass is 16.3. The average molecular weight is 269 g/mol. The topological polar surface area (TPSA) is 63.9 Å². The number of aromatic hydroxyl groups is 3. The van der Waals surface area contributed by atoms with E-state index in [1.165, 1.54) is 6.07 Å². The maximum absolute atomic E-state index is 10.3. The molecule has 20 heavy (non-hydrogen) atoms. The van der Waals surface area contributed by atoms with Gasteiger partial charge in [-0.1, -0.05) is 6.07 Å². The molecule has 0 atom stereocenters. The van der Waals surface area contributed by atoms with E-state index in [1.54, 1.807) is 12.1 Å².